The van der Waals surface area contributed by atoms with Gasteiger partial charge in [0.15, 0.2) is 0 Å². The highest BCUT2D eigenvalue weighted by Crippen LogP contribution is 2.30. The maximum absolute atomic E-state index is 10.9. The fourth-order valence-electron chi connectivity index (χ4n) is 4.09. The zero-order valence-corrected chi connectivity index (χ0v) is 17.2. The summed E-state index contributed by atoms with van der Waals surface area (Å²) in [7, 11) is 0. The Labute approximate surface area is 185 Å². The second kappa shape index (κ2) is 8.00. The molecule has 0 aliphatic heterocycles. The first kappa shape index (κ1) is 20.1. The van der Waals surface area contributed by atoms with E-state index >= 15 is 0 Å². The molecule has 2 unspecified atom stereocenters. The third-order valence-corrected chi connectivity index (χ3v) is 5.90. The van der Waals surface area contributed by atoms with Gasteiger partial charge in [0.2, 0.25) is 0 Å². The van der Waals surface area contributed by atoms with Crippen LogP contribution in [0.4, 0.5) is 0 Å². The van der Waals surface area contributed by atoms with E-state index in [4.69, 9.17) is 0 Å². The monoisotopic (exact) mass is 422 g/mol. The van der Waals surface area contributed by atoms with Gasteiger partial charge in [-0.1, -0.05) is 60.7 Å². The first-order valence-electron chi connectivity index (χ1n) is 10.4. The smallest absolute Gasteiger partial charge is 0.116 e. The van der Waals surface area contributed by atoms with E-state index in [1.807, 2.05) is 72.8 Å². The summed E-state index contributed by atoms with van der Waals surface area (Å²) < 4.78 is 0. The molecule has 4 heteroatoms. The highest BCUT2D eigenvalue weighted by Gasteiger charge is 2.15. The van der Waals surface area contributed by atoms with Gasteiger partial charge < -0.3 is 20.4 Å². The standard InChI is InChI=1S/C28H22O4/c29-25-11-9-19-13-23(7-5-21(19)15-25)27(31)17-1-2-18(4-3-17)28(32)24-8-6-22-16-26(30)12-10-20(22)14-24/h1-16,27-32H. The van der Waals surface area contributed by atoms with E-state index in [1.165, 1.54) is 0 Å². The molecule has 0 heterocycles. The van der Waals surface area contributed by atoms with E-state index < -0.39 is 12.2 Å². The van der Waals surface area contributed by atoms with Crippen LogP contribution in [0.5, 0.6) is 11.5 Å². The highest BCUT2D eigenvalue weighted by molar-refractivity contribution is 5.85. The molecule has 0 radical (unpaired) electrons. The maximum atomic E-state index is 10.9. The van der Waals surface area contributed by atoms with Gasteiger partial charge in [-0.2, -0.15) is 0 Å². The van der Waals surface area contributed by atoms with Gasteiger partial charge in [0.05, 0.1) is 0 Å². The molecule has 158 valence electrons. The van der Waals surface area contributed by atoms with Crippen LogP contribution in [0.1, 0.15) is 34.5 Å². The summed E-state index contributed by atoms with van der Waals surface area (Å²) in [5.41, 5.74) is 2.98. The molecule has 4 nitrogen and oxygen atoms in total. The molecular weight excluding hydrogens is 400 g/mol. The van der Waals surface area contributed by atoms with Gasteiger partial charge in [-0.3, -0.25) is 0 Å². The van der Waals surface area contributed by atoms with Crippen LogP contribution in [0.2, 0.25) is 0 Å². The van der Waals surface area contributed by atoms with Gasteiger partial charge in [0, 0.05) is 0 Å². The van der Waals surface area contributed by atoms with Gasteiger partial charge in [-0.15, -0.1) is 0 Å². The molecule has 0 bridgehead atoms. The van der Waals surface area contributed by atoms with Crippen LogP contribution in [0, 0.1) is 0 Å². The fourth-order valence-corrected chi connectivity index (χ4v) is 4.09. The molecule has 0 spiro atoms. The van der Waals surface area contributed by atoms with E-state index in [0.29, 0.717) is 0 Å². The lowest BCUT2D eigenvalue weighted by Gasteiger charge is -2.16. The average Bonchev–Trinajstić information content (AvgIpc) is 2.82. The maximum Gasteiger partial charge on any atom is 0.116 e. The van der Waals surface area contributed by atoms with Gasteiger partial charge >= 0.3 is 0 Å². The van der Waals surface area contributed by atoms with E-state index in [0.717, 1.165) is 43.8 Å². The molecule has 5 aromatic rings. The molecule has 0 fully saturated rings. The van der Waals surface area contributed by atoms with Crippen molar-refractivity contribution in [2.75, 3.05) is 0 Å². The third-order valence-electron chi connectivity index (χ3n) is 5.90. The Morgan fingerprint density at radius 1 is 0.375 bits per heavy atom. The second-order valence-electron chi connectivity index (χ2n) is 8.05. The third kappa shape index (κ3) is 3.78. The summed E-state index contributed by atoms with van der Waals surface area (Å²) in [6.45, 7) is 0. The Hall–Kier alpha value is -3.86. The topological polar surface area (TPSA) is 80.9 Å². The number of hydrogen-bond acceptors (Lipinski definition) is 4. The summed E-state index contributed by atoms with van der Waals surface area (Å²) in [5, 5.41) is 44.7. The summed E-state index contributed by atoms with van der Waals surface area (Å²) in [5.74, 6) is 0.425. The lowest BCUT2D eigenvalue weighted by Crippen LogP contribution is -2.03. The minimum absolute atomic E-state index is 0.213. The predicted molar refractivity (Wildman–Crippen MR) is 126 cm³/mol. The highest BCUT2D eigenvalue weighted by atomic mass is 16.3. The largest absolute Gasteiger partial charge is 0.508 e. The van der Waals surface area contributed by atoms with Crippen molar-refractivity contribution >= 4 is 21.5 Å². The van der Waals surface area contributed by atoms with Gasteiger partial charge in [-0.05, 0) is 80.2 Å². The van der Waals surface area contributed by atoms with E-state index in [-0.39, 0.29) is 11.5 Å². The minimum atomic E-state index is -0.798. The number of benzene rings is 5. The van der Waals surface area contributed by atoms with Crippen molar-refractivity contribution in [1.82, 2.24) is 0 Å². The summed E-state index contributed by atoms with van der Waals surface area (Å²) in [4.78, 5) is 0. The Morgan fingerprint density at radius 3 is 1.09 bits per heavy atom. The van der Waals surface area contributed by atoms with Crippen LogP contribution >= 0.6 is 0 Å². The molecule has 0 saturated heterocycles. The minimum Gasteiger partial charge on any atom is -0.508 e. The SMILES string of the molecule is Oc1ccc2cc(C(O)c3ccc(C(O)c4ccc5cc(O)ccc5c4)cc3)ccc2c1. The van der Waals surface area contributed by atoms with Gasteiger partial charge in [0.25, 0.3) is 0 Å². The van der Waals surface area contributed by atoms with Gasteiger partial charge in [-0.25, -0.2) is 0 Å². The molecule has 5 aromatic carbocycles. The van der Waals surface area contributed by atoms with Crippen LogP contribution in [-0.4, -0.2) is 20.4 Å². The van der Waals surface area contributed by atoms with E-state index in [9.17, 15) is 20.4 Å². The fraction of sp³-hybridized carbons (Fsp3) is 0.0714. The molecule has 0 aliphatic carbocycles. The Kier molecular flexibility index (Phi) is 5.02. The molecule has 2 atom stereocenters. The molecule has 4 N–H and O–H groups in total. The Balaban J connectivity index is 1.39. The van der Waals surface area contributed by atoms with Crippen LogP contribution in [0.3, 0.4) is 0 Å². The molecule has 0 aliphatic rings. The van der Waals surface area contributed by atoms with Crippen LogP contribution < -0.4 is 0 Å². The zero-order valence-electron chi connectivity index (χ0n) is 17.2. The Morgan fingerprint density at radius 2 is 0.688 bits per heavy atom. The Bertz CT molecular complexity index is 1310. The molecule has 0 aromatic heterocycles. The summed E-state index contributed by atoms with van der Waals surface area (Å²) in [6, 6.07) is 28.9. The summed E-state index contributed by atoms with van der Waals surface area (Å²) in [6.07, 6.45) is -1.60. The number of aliphatic hydroxyl groups excluding tert-OH is 2. The number of aromatic hydroxyl groups is 2. The normalized spacial score (nSPS) is 13.3. The number of phenols is 2. The van der Waals surface area contributed by atoms with Crippen LogP contribution in [0.25, 0.3) is 21.5 Å². The van der Waals surface area contributed by atoms with Crippen molar-refractivity contribution in [3.05, 3.63) is 119 Å². The van der Waals surface area contributed by atoms with E-state index in [1.54, 1.807) is 24.3 Å². The predicted octanol–water partition coefficient (Wildman–Crippen LogP) is 5.57. The number of aliphatic hydroxyl groups is 2. The first-order chi connectivity index (χ1) is 15.5. The van der Waals surface area contributed by atoms with Crippen molar-refractivity contribution in [1.29, 1.82) is 0 Å². The van der Waals surface area contributed by atoms with E-state index in [2.05, 4.69) is 0 Å². The zero-order chi connectivity index (χ0) is 22.2. The molecule has 32 heavy (non-hydrogen) atoms. The molecule has 0 saturated carbocycles. The average molecular weight is 422 g/mol. The molecule has 5 rings (SSSR count). The van der Waals surface area contributed by atoms with Gasteiger partial charge in [0.1, 0.15) is 23.7 Å². The lowest BCUT2D eigenvalue weighted by atomic mass is 9.95. The molecular formula is C28H22O4. The van der Waals surface area contributed by atoms with Crippen LogP contribution in [0.15, 0.2) is 97.1 Å². The lowest BCUT2D eigenvalue weighted by molar-refractivity contribution is 0.216. The van der Waals surface area contributed by atoms with Crippen molar-refractivity contribution in [2.24, 2.45) is 0 Å². The molecule has 0 amide bonds. The van der Waals surface area contributed by atoms with Crippen molar-refractivity contribution < 1.29 is 20.4 Å². The number of fused-ring (bicyclic) bond motifs is 2. The summed E-state index contributed by atoms with van der Waals surface area (Å²) >= 11 is 0. The van der Waals surface area contributed by atoms with Crippen molar-refractivity contribution in [2.45, 2.75) is 12.2 Å². The first-order valence-corrected chi connectivity index (χ1v) is 10.4. The number of rotatable bonds is 4. The van der Waals surface area contributed by atoms with Crippen molar-refractivity contribution in [3.63, 3.8) is 0 Å². The van der Waals surface area contributed by atoms with Crippen molar-refractivity contribution in [3.8, 4) is 11.5 Å². The van der Waals surface area contributed by atoms with Crippen LogP contribution in [-0.2, 0) is 0 Å². The number of hydrogen-bond donors (Lipinski definition) is 4. The number of phenolic OH excluding ortho intramolecular Hbond substituents is 2. The quantitative estimate of drug-likeness (QED) is 0.305. The second-order valence-corrected chi connectivity index (χ2v) is 8.05.